The first-order valence-electron chi connectivity index (χ1n) is 5.98. The predicted molar refractivity (Wildman–Crippen MR) is 74.4 cm³/mol. The van der Waals surface area contributed by atoms with Crippen molar-refractivity contribution >= 4 is 27.5 Å². The van der Waals surface area contributed by atoms with Gasteiger partial charge in [0.15, 0.2) is 0 Å². The Morgan fingerprint density at radius 3 is 3.12 bits per heavy atom. The Morgan fingerprint density at radius 2 is 2.35 bits per heavy atom. The lowest BCUT2D eigenvalue weighted by atomic mass is 10.0. The zero-order chi connectivity index (χ0) is 12.1. The molecule has 1 N–H and O–H groups in total. The molecule has 0 radical (unpaired) electrons. The lowest BCUT2D eigenvalue weighted by molar-refractivity contribution is 0.0547. The zero-order valence-corrected chi connectivity index (χ0v) is 12.1. The first-order chi connectivity index (χ1) is 8.25. The molecule has 1 aliphatic heterocycles. The summed E-state index contributed by atoms with van der Waals surface area (Å²) in [5.41, 5.74) is 1.20. The van der Waals surface area contributed by atoms with Crippen LogP contribution < -0.4 is 5.32 Å². The van der Waals surface area contributed by atoms with E-state index in [-0.39, 0.29) is 0 Å². The fourth-order valence-electron chi connectivity index (χ4n) is 2.06. The van der Waals surface area contributed by atoms with Gasteiger partial charge in [-0.15, -0.1) is 0 Å². The summed E-state index contributed by atoms with van der Waals surface area (Å²) in [5.74, 6) is 0.654. The molecule has 0 spiro atoms. The number of halogens is 2. The molecule has 1 saturated heterocycles. The summed E-state index contributed by atoms with van der Waals surface area (Å²) in [6.07, 6.45) is 2.46. The summed E-state index contributed by atoms with van der Waals surface area (Å²) in [6.45, 7) is 3.68. The van der Waals surface area contributed by atoms with Gasteiger partial charge in [-0.2, -0.15) is 0 Å². The van der Waals surface area contributed by atoms with Crippen LogP contribution in [0.5, 0.6) is 0 Å². The van der Waals surface area contributed by atoms with Crippen LogP contribution in [0.3, 0.4) is 0 Å². The highest BCUT2D eigenvalue weighted by Gasteiger charge is 2.13. The van der Waals surface area contributed by atoms with Crippen LogP contribution in [-0.4, -0.2) is 19.8 Å². The van der Waals surface area contributed by atoms with Crippen LogP contribution in [0.1, 0.15) is 18.4 Å². The maximum Gasteiger partial charge on any atom is 0.0506 e. The fourth-order valence-corrected chi connectivity index (χ4v) is 2.64. The third-order valence-electron chi connectivity index (χ3n) is 3.01. The first kappa shape index (κ1) is 13.3. The average molecular weight is 319 g/mol. The van der Waals surface area contributed by atoms with Crippen molar-refractivity contribution in [3.05, 3.63) is 33.3 Å². The van der Waals surface area contributed by atoms with E-state index in [0.29, 0.717) is 5.92 Å². The highest BCUT2D eigenvalue weighted by molar-refractivity contribution is 9.10. The second-order valence-corrected chi connectivity index (χ2v) is 5.74. The van der Waals surface area contributed by atoms with Gasteiger partial charge in [-0.25, -0.2) is 0 Å². The summed E-state index contributed by atoms with van der Waals surface area (Å²) >= 11 is 9.51. The van der Waals surface area contributed by atoms with E-state index in [1.54, 1.807) is 0 Å². The monoisotopic (exact) mass is 317 g/mol. The van der Waals surface area contributed by atoms with Crippen LogP contribution in [0, 0.1) is 5.92 Å². The largest absolute Gasteiger partial charge is 0.381 e. The number of nitrogens with one attached hydrogen (secondary N) is 1. The lowest BCUT2D eigenvalue weighted by Gasteiger charge is -2.22. The second kappa shape index (κ2) is 6.74. The highest BCUT2D eigenvalue weighted by Crippen LogP contribution is 2.21. The van der Waals surface area contributed by atoms with Gasteiger partial charge in [-0.05, 0) is 42.5 Å². The number of rotatable bonds is 4. The van der Waals surface area contributed by atoms with E-state index < -0.39 is 0 Å². The fraction of sp³-hybridized carbons (Fsp3) is 0.538. The molecule has 2 rings (SSSR count). The van der Waals surface area contributed by atoms with E-state index in [9.17, 15) is 0 Å². The molecule has 4 heteroatoms. The van der Waals surface area contributed by atoms with Gasteiger partial charge >= 0.3 is 0 Å². The van der Waals surface area contributed by atoms with Crippen LogP contribution in [-0.2, 0) is 11.3 Å². The molecule has 1 aromatic carbocycles. The molecule has 17 heavy (non-hydrogen) atoms. The Kier molecular flexibility index (Phi) is 5.29. The predicted octanol–water partition coefficient (Wildman–Crippen LogP) is 3.62. The van der Waals surface area contributed by atoms with Crippen LogP contribution in [0.4, 0.5) is 0 Å². The molecule has 1 unspecified atom stereocenters. The third-order valence-corrected chi connectivity index (χ3v) is 4.02. The molecule has 1 aromatic rings. The minimum Gasteiger partial charge on any atom is -0.381 e. The van der Waals surface area contributed by atoms with Crippen LogP contribution >= 0.6 is 27.5 Å². The van der Waals surface area contributed by atoms with Crippen molar-refractivity contribution in [2.45, 2.75) is 19.4 Å². The summed E-state index contributed by atoms with van der Waals surface area (Å²) < 4.78 is 6.56. The Hall–Kier alpha value is -0.0900. The van der Waals surface area contributed by atoms with Crippen molar-refractivity contribution in [2.75, 3.05) is 19.8 Å². The number of hydrogen-bond donors (Lipinski definition) is 1. The van der Waals surface area contributed by atoms with E-state index >= 15 is 0 Å². The number of hydrogen-bond acceptors (Lipinski definition) is 2. The summed E-state index contributed by atoms with van der Waals surface area (Å²) in [6, 6.07) is 5.88. The molecule has 1 heterocycles. The summed E-state index contributed by atoms with van der Waals surface area (Å²) in [7, 11) is 0. The SMILES string of the molecule is Clc1ccc(Br)c(CNCC2CCCOC2)c1. The minimum atomic E-state index is 0.654. The lowest BCUT2D eigenvalue weighted by Crippen LogP contribution is -2.28. The van der Waals surface area contributed by atoms with Crippen molar-refractivity contribution in [2.24, 2.45) is 5.92 Å². The quantitative estimate of drug-likeness (QED) is 0.915. The summed E-state index contributed by atoms with van der Waals surface area (Å²) in [5, 5.41) is 4.25. The van der Waals surface area contributed by atoms with Gasteiger partial charge in [0, 0.05) is 29.2 Å². The van der Waals surface area contributed by atoms with Crippen molar-refractivity contribution < 1.29 is 4.74 Å². The summed E-state index contributed by atoms with van der Waals surface area (Å²) in [4.78, 5) is 0. The Labute approximate surface area is 116 Å². The molecule has 1 fully saturated rings. The Balaban J connectivity index is 1.79. The van der Waals surface area contributed by atoms with E-state index in [4.69, 9.17) is 16.3 Å². The van der Waals surface area contributed by atoms with E-state index in [1.165, 1.54) is 18.4 Å². The second-order valence-electron chi connectivity index (χ2n) is 4.45. The van der Waals surface area contributed by atoms with Crippen molar-refractivity contribution in [3.63, 3.8) is 0 Å². The minimum absolute atomic E-state index is 0.654. The molecule has 2 nitrogen and oxygen atoms in total. The molecule has 0 bridgehead atoms. The van der Waals surface area contributed by atoms with E-state index in [0.717, 1.165) is 35.8 Å². The van der Waals surface area contributed by atoms with E-state index in [1.807, 2.05) is 18.2 Å². The van der Waals surface area contributed by atoms with Gasteiger partial charge in [-0.3, -0.25) is 0 Å². The molecular formula is C13H17BrClNO. The molecule has 0 aliphatic carbocycles. The average Bonchev–Trinajstić information content (AvgIpc) is 2.35. The van der Waals surface area contributed by atoms with Gasteiger partial charge in [0.2, 0.25) is 0 Å². The maximum atomic E-state index is 5.98. The molecular weight excluding hydrogens is 302 g/mol. The highest BCUT2D eigenvalue weighted by atomic mass is 79.9. The Bertz CT molecular complexity index is 366. The molecule has 1 atom stereocenters. The topological polar surface area (TPSA) is 21.3 Å². The third kappa shape index (κ3) is 4.25. The smallest absolute Gasteiger partial charge is 0.0506 e. The molecule has 0 amide bonds. The van der Waals surface area contributed by atoms with Crippen LogP contribution in [0.2, 0.25) is 5.02 Å². The Morgan fingerprint density at radius 1 is 1.47 bits per heavy atom. The van der Waals surface area contributed by atoms with Gasteiger partial charge in [0.1, 0.15) is 0 Å². The number of benzene rings is 1. The zero-order valence-electron chi connectivity index (χ0n) is 9.72. The standard InChI is InChI=1S/C13H17BrClNO/c14-13-4-3-12(15)6-11(13)8-16-7-10-2-1-5-17-9-10/h3-4,6,10,16H,1-2,5,7-9H2. The number of ether oxygens (including phenoxy) is 1. The normalized spacial score (nSPS) is 20.5. The first-order valence-corrected chi connectivity index (χ1v) is 7.15. The van der Waals surface area contributed by atoms with Gasteiger partial charge < -0.3 is 10.1 Å². The molecule has 0 aromatic heterocycles. The van der Waals surface area contributed by atoms with Gasteiger partial charge in [0.05, 0.1) is 6.61 Å². The van der Waals surface area contributed by atoms with Crippen molar-refractivity contribution in [3.8, 4) is 0 Å². The molecule has 94 valence electrons. The van der Waals surface area contributed by atoms with E-state index in [2.05, 4.69) is 21.2 Å². The van der Waals surface area contributed by atoms with Crippen molar-refractivity contribution in [1.29, 1.82) is 0 Å². The van der Waals surface area contributed by atoms with Gasteiger partial charge in [0.25, 0.3) is 0 Å². The van der Waals surface area contributed by atoms with Gasteiger partial charge in [-0.1, -0.05) is 27.5 Å². The van der Waals surface area contributed by atoms with Crippen LogP contribution in [0.25, 0.3) is 0 Å². The van der Waals surface area contributed by atoms with Crippen LogP contribution in [0.15, 0.2) is 22.7 Å². The molecule has 1 aliphatic rings. The maximum absolute atomic E-state index is 5.98. The van der Waals surface area contributed by atoms with Crippen molar-refractivity contribution in [1.82, 2.24) is 5.32 Å². The molecule has 0 saturated carbocycles.